The van der Waals surface area contributed by atoms with Gasteiger partial charge in [-0.1, -0.05) is 35.9 Å². The number of carbonyl (C=O) groups is 4. The van der Waals surface area contributed by atoms with E-state index in [9.17, 15) is 19.2 Å². The van der Waals surface area contributed by atoms with Crippen LogP contribution >= 0.6 is 11.6 Å². The predicted octanol–water partition coefficient (Wildman–Crippen LogP) is 4.89. The van der Waals surface area contributed by atoms with Crippen molar-refractivity contribution in [2.45, 2.75) is 71.1 Å². The number of nitrogens with zero attached hydrogens (tertiary/aromatic N) is 1. The molecule has 210 valence electrons. The number of carbonyl (C=O) groups excluding carboxylic acids is 4. The number of benzene rings is 2. The summed E-state index contributed by atoms with van der Waals surface area (Å²) in [7, 11) is 1.26. The normalized spacial score (nSPS) is 16.2. The van der Waals surface area contributed by atoms with Gasteiger partial charge in [-0.15, -0.1) is 0 Å². The smallest absolute Gasteiger partial charge is 0.410 e. The van der Waals surface area contributed by atoms with Gasteiger partial charge in [0.25, 0.3) is 5.91 Å². The Balaban J connectivity index is 1.67. The van der Waals surface area contributed by atoms with Gasteiger partial charge >= 0.3 is 12.1 Å². The quantitative estimate of drug-likeness (QED) is 0.468. The van der Waals surface area contributed by atoms with Crippen LogP contribution in [0, 0.1) is 6.92 Å². The fourth-order valence-electron chi connectivity index (χ4n) is 4.41. The highest BCUT2D eigenvalue weighted by Gasteiger charge is 2.35. The number of hydrogen-bond donors (Lipinski definition) is 2. The average Bonchev–Trinajstić information content (AvgIpc) is 2.87. The molecule has 1 saturated heterocycles. The maximum absolute atomic E-state index is 13.1. The van der Waals surface area contributed by atoms with Crippen LogP contribution in [0.2, 0.25) is 5.02 Å². The molecule has 0 bridgehead atoms. The molecular formula is C29H36ClN3O6. The molecular weight excluding hydrogens is 522 g/mol. The SMILES string of the molecule is COC(=O)C(Cc1ccc(NC(=O)C2CCCCN2C(=O)OC(C)(C)C)cc1)NC(=O)c1c(C)cccc1Cl. The average molecular weight is 558 g/mol. The minimum absolute atomic E-state index is 0.172. The number of amides is 3. The van der Waals surface area contributed by atoms with Crippen LogP contribution in [0.5, 0.6) is 0 Å². The second kappa shape index (κ2) is 13.0. The molecule has 0 aromatic heterocycles. The number of nitrogens with one attached hydrogen (secondary N) is 2. The van der Waals surface area contributed by atoms with Crippen molar-refractivity contribution in [3.05, 3.63) is 64.2 Å². The number of ether oxygens (including phenoxy) is 2. The van der Waals surface area contributed by atoms with Gasteiger partial charge in [0.05, 0.1) is 17.7 Å². The molecule has 1 fully saturated rings. The van der Waals surface area contributed by atoms with Crippen molar-refractivity contribution in [3.63, 3.8) is 0 Å². The molecule has 0 aliphatic carbocycles. The van der Waals surface area contributed by atoms with E-state index in [1.165, 1.54) is 12.0 Å². The van der Waals surface area contributed by atoms with Gasteiger partial charge in [0.15, 0.2) is 0 Å². The van der Waals surface area contributed by atoms with Gasteiger partial charge in [-0.3, -0.25) is 14.5 Å². The monoisotopic (exact) mass is 557 g/mol. The number of hydrogen-bond acceptors (Lipinski definition) is 6. The molecule has 39 heavy (non-hydrogen) atoms. The molecule has 0 saturated carbocycles. The van der Waals surface area contributed by atoms with Crippen LogP contribution in [-0.2, 0) is 25.5 Å². The second-order valence-electron chi connectivity index (χ2n) is 10.6. The van der Waals surface area contributed by atoms with Gasteiger partial charge in [-0.05, 0) is 76.3 Å². The van der Waals surface area contributed by atoms with Crippen molar-refractivity contribution >= 4 is 41.2 Å². The Morgan fingerprint density at radius 3 is 2.38 bits per heavy atom. The fourth-order valence-corrected chi connectivity index (χ4v) is 4.72. The summed E-state index contributed by atoms with van der Waals surface area (Å²) in [6.45, 7) is 7.60. The first-order valence-electron chi connectivity index (χ1n) is 12.9. The maximum Gasteiger partial charge on any atom is 0.410 e. The van der Waals surface area contributed by atoms with Crippen molar-refractivity contribution < 1.29 is 28.7 Å². The third-order valence-electron chi connectivity index (χ3n) is 6.33. The lowest BCUT2D eigenvalue weighted by Crippen LogP contribution is -2.51. The lowest BCUT2D eigenvalue weighted by Gasteiger charge is -2.35. The van der Waals surface area contributed by atoms with E-state index >= 15 is 0 Å². The van der Waals surface area contributed by atoms with E-state index in [0.717, 1.165) is 18.4 Å². The summed E-state index contributed by atoms with van der Waals surface area (Å²) in [6.07, 6.45) is 1.87. The van der Waals surface area contributed by atoms with Crippen molar-refractivity contribution in [1.82, 2.24) is 10.2 Å². The number of rotatable bonds is 7. The Kier molecular flexibility index (Phi) is 9.97. The molecule has 2 aromatic rings. The summed E-state index contributed by atoms with van der Waals surface area (Å²) in [4.78, 5) is 52.6. The van der Waals surface area contributed by atoms with E-state index in [2.05, 4.69) is 10.6 Å². The number of anilines is 1. The molecule has 1 aliphatic heterocycles. The highest BCUT2D eigenvalue weighted by molar-refractivity contribution is 6.34. The van der Waals surface area contributed by atoms with E-state index in [4.69, 9.17) is 21.1 Å². The standard InChI is InChI=1S/C29H36ClN3O6/c1-18-9-8-10-21(30)24(18)26(35)32-22(27(36)38-5)17-19-12-14-20(15-13-19)31-25(34)23-11-6-7-16-33(23)28(37)39-29(2,3)4/h8-10,12-15,22-23H,6-7,11,16-17H2,1-5H3,(H,31,34)(H,32,35). The topological polar surface area (TPSA) is 114 Å². The van der Waals surface area contributed by atoms with Crippen molar-refractivity contribution in [2.75, 3.05) is 19.0 Å². The van der Waals surface area contributed by atoms with Crippen molar-refractivity contribution in [3.8, 4) is 0 Å². The molecule has 2 unspecified atom stereocenters. The van der Waals surface area contributed by atoms with E-state index in [-0.39, 0.29) is 12.3 Å². The van der Waals surface area contributed by atoms with Gasteiger partial charge in [-0.25, -0.2) is 9.59 Å². The van der Waals surface area contributed by atoms with Crippen LogP contribution in [0.25, 0.3) is 0 Å². The number of aryl methyl sites for hydroxylation is 1. The minimum atomic E-state index is -0.941. The number of esters is 1. The van der Waals surface area contributed by atoms with Gasteiger partial charge in [-0.2, -0.15) is 0 Å². The van der Waals surface area contributed by atoms with Crippen LogP contribution in [0.3, 0.4) is 0 Å². The predicted molar refractivity (Wildman–Crippen MR) is 149 cm³/mol. The zero-order chi connectivity index (χ0) is 28.7. The number of methoxy groups -OCH3 is 1. The Morgan fingerprint density at radius 2 is 1.77 bits per heavy atom. The molecule has 9 nitrogen and oxygen atoms in total. The maximum atomic E-state index is 13.1. The zero-order valence-electron chi connectivity index (χ0n) is 23.0. The number of piperidine rings is 1. The summed E-state index contributed by atoms with van der Waals surface area (Å²) < 4.78 is 10.4. The van der Waals surface area contributed by atoms with Crippen LogP contribution in [-0.4, -0.2) is 60.1 Å². The molecule has 3 amide bonds. The first-order valence-corrected chi connectivity index (χ1v) is 13.3. The van der Waals surface area contributed by atoms with E-state index in [1.54, 1.807) is 70.2 Å². The number of likely N-dealkylation sites (tertiary alicyclic amines) is 1. The molecule has 0 spiro atoms. The van der Waals surface area contributed by atoms with Crippen LogP contribution in [0.15, 0.2) is 42.5 Å². The lowest BCUT2D eigenvalue weighted by molar-refractivity contribution is -0.142. The first kappa shape index (κ1) is 30.0. The van der Waals surface area contributed by atoms with Crippen LogP contribution in [0.1, 0.15) is 61.5 Å². The van der Waals surface area contributed by atoms with E-state index < -0.39 is 35.7 Å². The highest BCUT2D eigenvalue weighted by atomic mass is 35.5. The molecule has 2 N–H and O–H groups in total. The number of halogens is 1. The summed E-state index contributed by atoms with van der Waals surface area (Å²) in [5.74, 6) is -1.35. The van der Waals surface area contributed by atoms with Crippen molar-refractivity contribution in [2.24, 2.45) is 0 Å². The summed E-state index contributed by atoms with van der Waals surface area (Å²) >= 11 is 6.21. The Labute approximate surface area is 234 Å². The molecule has 1 aliphatic rings. The summed E-state index contributed by atoms with van der Waals surface area (Å²) in [6, 6.07) is 10.5. The van der Waals surface area contributed by atoms with E-state index in [1.807, 2.05) is 0 Å². The van der Waals surface area contributed by atoms with Crippen LogP contribution < -0.4 is 10.6 Å². The molecule has 2 atom stereocenters. The Hall–Kier alpha value is -3.59. The zero-order valence-corrected chi connectivity index (χ0v) is 23.8. The van der Waals surface area contributed by atoms with Gasteiger partial charge in [0.2, 0.25) is 5.91 Å². The molecule has 2 aromatic carbocycles. The third kappa shape index (κ3) is 8.20. The fraction of sp³-hybridized carbons (Fsp3) is 0.448. The lowest BCUT2D eigenvalue weighted by atomic mass is 10.0. The highest BCUT2D eigenvalue weighted by Crippen LogP contribution is 2.23. The summed E-state index contributed by atoms with van der Waals surface area (Å²) in [5, 5.41) is 5.89. The van der Waals surface area contributed by atoms with Gasteiger partial charge in [0.1, 0.15) is 17.7 Å². The van der Waals surface area contributed by atoms with Gasteiger partial charge in [0, 0.05) is 18.7 Å². The largest absolute Gasteiger partial charge is 0.467 e. The molecule has 3 rings (SSSR count). The van der Waals surface area contributed by atoms with Gasteiger partial charge < -0.3 is 20.1 Å². The Bertz CT molecular complexity index is 1190. The van der Waals surface area contributed by atoms with E-state index in [0.29, 0.717) is 34.8 Å². The molecule has 0 radical (unpaired) electrons. The van der Waals surface area contributed by atoms with Crippen molar-refractivity contribution in [1.29, 1.82) is 0 Å². The second-order valence-corrected chi connectivity index (χ2v) is 11.0. The third-order valence-corrected chi connectivity index (χ3v) is 6.65. The van der Waals surface area contributed by atoms with Crippen LogP contribution in [0.4, 0.5) is 10.5 Å². The molecule has 1 heterocycles. The summed E-state index contributed by atoms with van der Waals surface area (Å²) in [5.41, 5.74) is 1.62. The molecule has 10 heteroatoms. The Morgan fingerprint density at radius 1 is 1.08 bits per heavy atom. The minimum Gasteiger partial charge on any atom is -0.467 e. The first-order chi connectivity index (χ1) is 18.4.